The molecule has 0 unspecified atom stereocenters. The Bertz CT molecular complexity index is 1160. The number of benzene rings is 2. The third-order valence-corrected chi connectivity index (χ3v) is 5.59. The molecule has 0 atom stereocenters. The number of hydrogen-bond donors (Lipinski definition) is 3. The number of aliphatic hydroxyl groups is 2. The molecule has 9 heteroatoms. The van der Waals surface area contributed by atoms with Crippen molar-refractivity contribution >= 4 is 17.4 Å². The Morgan fingerprint density at radius 2 is 1.79 bits per heavy atom. The average molecular weight is 457 g/mol. The number of carbonyl (C=O) groups is 1. The minimum Gasteiger partial charge on any atom is -0.394 e. The third-order valence-electron chi connectivity index (χ3n) is 5.59. The molecule has 0 saturated carbocycles. The maximum Gasteiger partial charge on any atom is 0.252 e. The van der Waals surface area contributed by atoms with Crippen molar-refractivity contribution in [3.8, 4) is 0 Å². The molecule has 2 aromatic carbocycles. The van der Waals surface area contributed by atoms with E-state index in [2.05, 4.69) is 10.3 Å². The van der Waals surface area contributed by atoms with Gasteiger partial charge < -0.3 is 20.4 Å². The number of hydrogen-bond acceptors (Lipinski definition) is 5. The predicted octanol–water partition coefficient (Wildman–Crippen LogP) is 2.87. The van der Waals surface area contributed by atoms with E-state index in [1.807, 2.05) is 11.0 Å². The van der Waals surface area contributed by atoms with Gasteiger partial charge in [0.05, 0.1) is 19.3 Å². The molecule has 172 valence electrons. The smallest absolute Gasteiger partial charge is 0.252 e. The van der Waals surface area contributed by atoms with E-state index in [0.717, 1.165) is 28.9 Å². The highest BCUT2D eigenvalue weighted by Crippen LogP contribution is 2.36. The van der Waals surface area contributed by atoms with Gasteiger partial charge in [-0.15, -0.1) is 0 Å². The number of aliphatic hydroxyl groups excluding tert-OH is 2. The minimum atomic E-state index is -1.49. The van der Waals surface area contributed by atoms with Crippen molar-refractivity contribution in [3.05, 3.63) is 88.4 Å². The molecule has 1 aliphatic heterocycles. The van der Waals surface area contributed by atoms with Crippen LogP contribution >= 0.6 is 0 Å². The van der Waals surface area contributed by atoms with Crippen LogP contribution in [0.25, 0.3) is 0 Å². The standard InChI is InChI=1S/C24H22F3N3O3/c25-19-9-15(10-20(26)23(19)27)8-14-4-6-28-22(11-14)30-7-5-17-18(2-1-3-21(17)30)24(33)29-16(12-31)13-32/h1-4,6,9-11,16,31-32H,5,7-8,12-13H2,(H,29,33). The molecule has 3 N–H and O–H groups in total. The molecule has 2 heterocycles. The zero-order valence-corrected chi connectivity index (χ0v) is 17.6. The normalized spacial score (nSPS) is 12.8. The lowest BCUT2D eigenvalue weighted by molar-refractivity contribution is 0.0878. The van der Waals surface area contributed by atoms with Crippen molar-refractivity contribution in [1.82, 2.24) is 10.3 Å². The Balaban J connectivity index is 1.59. The van der Waals surface area contributed by atoms with Crippen molar-refractivity contribution in [1.29, 1.82) is 0 Å². The number of aromatic nitrogens is 1. The number of amides is 1. The van der Waals surface area contributed by atoms with Crippen LogP contribution in [0.1, 0.15) is 27.0 Å². The number of anilines is 2. The number of nitrogens with one attached hydrogen (secondary N) is 1. The molecule has 3 aromatic rings. The second-order valence-corrected chi connectivity index (χ2v) is 7.81. The highest BCUT2D eigenvalue weighted by molar-refractivity contribution is 5.98. The first-order valence-electron chi connectivity index (χ1n) is 10.4. The second kappa shape index (κ2) is 9.60. The minimum absolute atomic E-state index is 0.191. The fourth-order valence-corrected chi connectivity index (χ4v) is 3.96. The zero-order valence-electron chi connectivity index (χ0n) is 17.6. The number of pyridine rings is 1. The molecule has 33 heavy (non-hydrogen) atoms. The summed E-state index contributed by atoms with van der Waals surface area (Å²) in [6.45, 7) is -0.177. The summed E-state index contributed by atoms with van der Waals surface area (Å²) in [5, 5.41) is 21.1. The maximum absolute atomic E-state index is 13.6. The van der Waals surface area contributed by atoms with E-state index in [9.17, 15) is 28.2 Å². The lowest BCUT2D eigenvalue weighted by atomic mass is 10.0. The quantitative estimate of drug-likeness (QED) is 0.475. The van der Waals surface area contributed by atoms with Crippen LogP contribution in [0, 0.1) is 17.5 Å². The van der Waals surface area contributed by atoms with Gasteiger partial charge in [-0.2, -0.15) is 0 Å². The maximum atomic E-state index is 13.6. The number of nitrogens with zero attached hydrogens (tertiary/aromatic N) is 2. The van der Waals surface area contributed by atoms with Crippen LogP contribution in [0.3, 0.4) is 0 Å². The first-order valence-corrected chi connectivity index (χ1v) is 10.4. The van der Waals surface area contributed by atoms with E-state index < -0.39 is 23.5 Å². The topological polar surface area (TPSA) is 85.7 Å². The van der Waals surface area contributed by atoms with Crippen LogP contribution < -0.4 is 10.2 Å². The molecular weight excluding hydrogens is 435 g/mol. The van der Waals surface area contributed by atoms with Crippen LogP contribution in [0.5, 0.6) is 0 Å². The highest BCUT2D eigenvalue weighted by Gasteiger charge is 2.26. The van der Waals surface area contributed by atoms with E-state index in [1.165, 1.54) is 0 Å². The lowest BCUT2D eigenvalue weighted by Crippen LogP contribution is -2.40. The molecule has 0 aliphatic carbocycles. The van der Waals surface area contributed by atoms with Gasteiger partial charge in [0.15, 0.2) is 17.5 Å². The average Bonchev–Trinajstić information content (AvgIpc) is 3.25. The number of carbonyl (C=O) groups excluding carboxylic acids is 1. The molecule has 0 spiro atoms. The highest BCUT2D eigenvalue weighted by atomic mass is 19.2. The van der Waals surface area contributed by atoms with Gasteiger partial charge in [-0.05, 0) is 65.9 Å². The molecule has 1 aromatic heterocycles. The van der Waals surface area contributed by atoms with Crippen LogP contribution in [-0.4, -0.2) is 46.9 Å². The summed E-state index contributed by atoms with van der Waals surface area (Å²) in [5.41, 5.74) is 3.11. The van der Waals surface area contributed by atoms with Gasteiger partial charge in [0.1, 0.15) is 5.82 Å². The molecule has 4 rings (SSSR count). The molecule has 1 aliphatic rings. The van der Waals surface area contributed by atoms with E-state index in [4.69, 9.17) is 0 Å². The lowest BCUT2D eigenvalue weighted by Gasteiger charge is -2.20. The zero-order chi connectivity index (χ0) is 23.5. The number of halogens is 3. The molecule has 0 radical (unpaired) electrons. The van der Waals surface area contributed by atoms with Gasteiger partial charge >= 0.3 is 0 Å². The van der Waals surface area contributed by atoms with Crippen molar-refractivity contribution in [2.45, 2.75) is 18.9 Å². The van der Waals surface area contributed by atoms with Gasteiger partial charge in [0.25, 0.3) is 5.91 Å². The molecule has 1 amide bonds. The first-order chi connectivity index (χ1) is 15.9. The number of fused-ring (bicyclic) bond motifs is 1. The van der Waals surface area contributed by atoms with Crippen molar-refractivity contribution in [2.75, 3.05) is 24.7 Å². The number of rotatable bonds is 7. The fraction of sp³-hybridized carbons (Fsp3) is 0.250. The van der Waals surface area contributed by atoms with E-state index >= 15 is 0 Å². The van der Waals surface area contributed by atoms with E-state index in [0.29, 0.717) is 29.9 Å². The van der Waals surface area contributed by atoms with Crippen molar-refractivity contribution in [2.24, 2.45) is 0 Å². The Hall–Kier alpha value is -3.43. The van der Waals surface area contributed by atoms with Gasteiger partial charge in [-0.25, -0.2) is 18.2 Å². The third kappa shape index (κ3) is 4.69. The second-order valence-electron chi connectivity index (χ2n) is 7.81. The summed E-state index contributed by atoms with van der Waals surface area (Å²) in [6.07, 6.45) is 2.36. The Labute approximate surface area is 188 Å². The molecule has 6 nitrogen and oxygen atoms in total. The first kappa shape index (κ1) is 22.8. The van der Waals surface area contributed by atoms with Crippen molar-refractivity contribution < 1.29 is 28.2 Å². The monoisotopic (exact) mass is 457 g/mol. The Morgan fingerprint density at radius 1 is 1.06 bits per heavy atom. The van der Waals surface area contributed by atoms with Gasteiger partial charge in [-0.3, -0.25) is 4.79 Å². The molecular formula is C24H22F3N3O3. The summed E-state index contributed by atoms with van der Waals surface area (Å²) in [7, 11) is 0. The Kier molecular flexibility index (Phi) is 6.62. The van der Waals surface area contributed by atoms with Crippen LogP contribution in [0.2, 0.25) is 0 Å². The van der Waals surface area contributed by atoms with E-state index in [1.54, 1.807) is 30.5 Å². The largest absolute Gasteiger partial charge is 0.394 e. The predicted molar refractivity (Wildman–Crippen MR) is 116 cm³/mol. The molecule has 0 saturated heterocycles. The SMILES string of the molecule is O=C(NC(CO)CO)c1cccc2c1CCN2c1cc(Cc2cc(F)c(F)c(F)c2)ccn1. The van der Waals surface area contributed by atoms with Crippen LogP contribution in [0.4, 0.5) is 24.7 Å². The van der Waals surface area contributed by atoms with Gasteiger partial charge in [0, 0.05) is 24.0 Å². The summed E-state index contributed by atoms with van der Waals surface area (Å²) >= 11 is 0. The van der Waals surface area contributed by atoms with E-state index in [-0.39, 0.29) is 25.5 Å². The summed E-state index contributed by atoms with van der Waals surface area (Å²) in [5.74, 6) is -3.74. The Morgan fingerprint density at radius 3 is 2.48 bits per heavy atom. The van der Waals surface area contributed by atoms with Gasteiger partial charge in [-0.1, -0.05) is 6.07 Å². The van der Waals surface area contributed by atoms with Crippen molar-refractivity contribution in [3.63, 3.8) is 0 Å². The van der Waals surface area contributed by atoms with Gasteiger partial charge in [0.2, 0.25) is 0 Å². The fourth-order valence-electron chi connectivity index (χ4n) is 3.96. The van der Waals surface area contributed by atoms with Crippen LogP contribution in [0.15, 0.2) is 48.7 Å². The summed E-state index contributed by atoms with van der Waals surface area (Å²) in [4.78, 5) is 19.0. The molecule has 0 fully saturated rings. The van der Waals surface area contributed by atoms with Crippen LogP contribution in [-0.2, 0) is 12.8 Å². The molecule has 0 bridgehead atoms. The summed E-state index contributed by atoms with van der Waals surface area (Å²) in [6, 6.07) is 10.00. The summed E-state index contributed by atoms with van der Waals surface area (Å²) < 4.78 is 40.4.